The average Bonchev–Trinajstić information content (AvgIpc) is 2.36. The van der Waals surface area contributed by atoms with Gasteiger partial charge in [-0.3, -0.25) is 0 Å². The molecule has 0 aliphatic carbocycles. The summed E-state index contributed by atoms with van der Waals surface area (Å²) in [5.41, 5.74) is 0.385. The highest BCUT2D eigenvalue weighted by Gasteiger charge is 2.27. The van der Waals surface area contributed by atoms with Crippen LogP contribution in [-0.2, 0) is 6.42 Å². The van der Waals surface area contributed by atoms with Crippen molar-refractivity contribution in [3.8, 4) is 0 Å². The molecule has 118 valence electrons. The third-order valence-corrected chi connectivity index (χ3v) is 2.89. The van der Waals surface area contributed by atoms with Gasteiger partial charge in [-0.05, 0) is 30.5 Å². The number of nitrogens with one attached hydrogen (secondary N) is 2. The Hall–Kier alpha value is -1.76. The maximum Gasteiger partial charge on any atom is 0.393 e. The summed E-state index contributed by atoms with van der Waals surface area (Å²) in [4.78, 5) is 11.7. The van der Waals surface area contributed by atoms with Crippen LogP contribution in [0.4, 0.5) is 23.7 Å². The van der Waals surface area contributed by atoms with E-state index >= 15 is 0 Å². The average molecular weight is 304 g/mol. The summed E-state index contributed by atoms with van der Waals surface area (Å²) >= 11 is 0. The number of alkyl halides is 3. The van der Waals surface area contributed by atoms with E-state index in [2.05, 4.69) is 10.6 Å². The third-order valence-electron chi connectivity index (χ3n) is 2.89. The maximum absolute atomic E-state index is 12.3. The summed E-state index contributed by atoms with van der Waals surface area (Å²) in [6.45, 7) is 1.82. The van der Waals surface area contributed by atoms with Crippen LogP contribution in [-0.4, -0.2) is 30.0 Å². The van der Waals surface area contributed by atoms with E-state index in [1.54, 1.807) is 0 Å². The molecule has 0 aromatic heterocycles. The number of halogens is 3. The Kier molecular flexibility index (Phi) is 6.48. The third kappa shape index (κ3) is 6.99. The van der Waals surface area contributed by atoms with Gasteiger partial charge in [-0.25, -0.2) is 4.79 Å². The van der Waals surface area contributed by atoms with Crippen molar-refractivity contribution in [2.75, 3.05) is 11.9 Å². The molecule has 0 radical (unpaired) electrons. The van der Waals surface area contributed by atoms with Crippen molar-refractivity contribution in [2.45, 2.75) is 38.4 Å². The van der Waals surface area contributed by atoms with E-state index < -0.39 is 18.6 Å². The van der Waals surface area contributed by atoms with Gasteiger partial charge in [0.15, 0.2) is 0 Å². The van der Waals surface area contributed by atoms with Gasteiger partial charge in [0, 0.05) is 18.3 Å². The van der Waals surface area contributed by atoms with Crippen LogP contribution in [0.3, 0.4) is 0 Å². The summed E-state index contributed by atoms with van der Waals surface area (Å²) in [5, 5.41) is 14.0. The van der Waals surface area contributed by atoms with Crippen molar-refractivity contribution >= 4 is 11.7 Å². The molecule has 1 aromatic carbocycles. The number of aliphatic hydroxyl groups is 1. The van der Waals surface area contributed by atoms with Crippen LogP contribution in [0.5, 0.6) is 0 Å². The zero-order valence-corrected chi connectivity index (χ0v) is 11.7. The molecule has 0 saturated carbocycles. The van der Waals surface area contributed by atoms with E-state index in [4.69, 9.17) is 5.11 Å². The van der Waals surface area contributed by atoms with Crippen LogP contribution in [0, 0.1) is 0 Å². The zero-order valence-electron chi connectivity index (χ0n) is 11.7. The van der Waals surface area contributed by atoms with E-state index in [9.17, 15) is 18.0 Å². The largest absolute Gasteiger partial charge is 0.396 e. The van der Waals surface area contributed by atoms with Crippen molar-refractivity contribution in [3.05, 3.63) is 29.8 Å². The monoisotopic (exact) mass is 304 g/mol. The molecule has 3 N–H and O–H groups in total. The van der Waals surface area contributed by atoms with E-state index in [-0.39, 0.29) is 18.2 Å². The second kappa shape index (κ2) is 7.87. The topological polar surface area (TPSA) is 61.4 Å². The van der Waals surface area contributed by atoms with Gasteiger partial charge in [-0.1, -0.05) is 19.1 Å². The van der Waals surface area contributed by atoms with Crippen molar-refractivity contribution < 1.29 is 23.1 Å². The first-order valence-corrected chi connectivity index (χ1v) is 6.68. The maximum atomic E-state index is 12.3. The lowest BCUT2D eigenvalue weighted by atomic mass is 10.1. The van der Waals surface area contributed by atoms with Crippen LogP contribution in [0.25, 0.3) is 0 Å². The highest BCUT2D eigenvalue weighted by atomic mass is 19.4. The number of anilines is 1. The molecule has 21 heavy (non-hydrogen) atoms. The van der Waals surface area contributed by atoms with Crippen molar-refractivity contribution in [2.24, 2.45) is 0 Å². The van der Waals surface area contributed by atoms with Crippen LogP contribution < -0.4 is 10.6 Å². The molecule has 0 fully saturated rings. The number of benzene rings is 1. The van der Waals surface area contributed by atoms with E-state index in [0.717, 1.165) is 0 Å². The SMILES string of the molecule is CCC(CCO)NC(=O)Nc1cccc(CC(F)(F)F)c1. The summed E-state index contributed by atoms with van der Waals surface area (Å²) in [7, 11) is 0. The van der Waals surface area contributed by atoms with Gasteiger partial charge in [0.1, 0.15) is 0 Å². The molecule has 1 rings (SSSR count). The van der Waals surface area contributed by atoms with E-state index in [1.165, 1.54) is 24.3 Å². The number of carbonyl (C=O) groups is 1. The number of aliphatic hydroxyl groups excluding tert-OH is 1. The Bertz CT molecular complexity index is 464. The Balaban J connectivity index is 2.62. The Morgan fingerprint density at radius 2 is 2.10 bits per heavy atom. The molecule has 1 aromatic rings. The summed E-state index contributed by atoms with van der Waals surface area (Å²) in [6, 6.07) is 4.96. The Morgan fingerprint density at radius 1 is 1.38 bits per heavy atom. The molecule has 2 amide bonds. The summed E-state index contributed by atoms with van der Waals surface area (Å²) < 4.78 is 36.9. The molecule has 0 spiro atoms. The summed E-state index contributed by atoms with van der Waals surface area (Å²) in [5.74, 6) is 0. The van der Waals surface area contributed by atoms with Crippen molar-refractivity contribution in [3.63, 3.8) is 0 Å². The normalized spacial score (nSPS) is 12.8. The fourth-order valence-corrected chi connectivity index (χ4v) is 1.88. The molecule has 0 aliphatic rings. The number of carbonyl (C=O) groups excluding carboxylic acids is 1. The second-order valence-corrected chi connectivity index (χ2v) is 4.71. The highest BCUT2D eigenvalue weighted by molar-refractivity contribution is 5.89. The first-order valence-electron chi connectivity index (χ1n) is 6.68. The van der Waals surface area contributed by atoms with Crippen molar-refractivity contribution in [1.29, 1.82) is 0 Å². The molecule has 4 nitrogen and oxygen atoms in total. The number of amides is 2. The van der Waals surface area contributed by atoms with Gasteiger partial charge in [0.25, 0.3) is 0 Å². The fourth-order valence-electron chi connectivity index (χ4n) is 1.88. The molecular weight excluding hydrogens is 285 g/mol. The Morgan fingerprint density at radius 3 is 2.67 bits per heavy atom. The molecule has 0 bridgehead atoms. The van der Waals surface area contributed by atoms with Gasteiger partial charge < -0.3 is 15.7 Å². The smallest absolute Gasteiger partial charge is 0.393 e. The van der Waals surface area contributed by atoms with Gasteiger partial charge in [0.05, 0.1) is 6.42 Å². The molecule has 0 aliphatic heterocycles. The zero-order chi connectivity index (χ0) is 15.9. The lowest BCUT2D eigenvalue weighted by molar-refractivity contribution is -0.127. The molecule has 0 heterocycles. The van der Waals surface area contributed by atoms with Gasteiger partial charge in [-0.15, -0.1) is 0 Å². The van der Waals surface area contributed by atoms with Crippen LogP contribution in [0.15, 0.2) is 24.3 Å². The van der Waals surface area contributed by atoms with Crippen LogP contribution in [0.2, 0.25) is 0 Å². The number of hydrogen-bond acceptors (Lipinski definition) is 2. The van der Waals surface area contributed by atoms with E-state index in [0.29, 0.717) is 18.5 Å². The minimum absolute atomic E-state index is 0.0418. The first kappa shape index (κ1) is 17.3. The molecular formula is C14H19F3N2O2. The lowest BCUT2D eigenvalue weighted by Gasteiger charge is -2.16. The lowest BCUT2D eigenvalue weighted by Crippen LogP contribution is -2.38. The number of hydrogen-bond donors (Lipinski definition) is 3. The number of urea groups is 1. The second-order valence-electron chi connectivity index (χ2n) is 4.71. The van der Waals surface area contributed by atoms with Crippen LogP contribution in [0.1, 0.15) is 25.3 Å². The van der Waals surface area contributed by atoms with Crippen molar-refractivity contribution in [1.82, 2.24) is 5.32 Å². The van der Waals surface area contributed by atoms with Crippen LogP contribution >= 0.6 is 0 Å². The summed E-state index contributed by atoms with van der Waals surface area (Å²) in [6.07, 6.45) is -4.23. The van der Waals surface area contributed by atoms with Gasteiger partial charge in [-0.2, -0.15) is 13.2 Å². The fraction of sp³-hybridized carbons (Fsp3) is 0.500. The Labute approximate surface area is 121 Å². The molecule has 1 unspecified atom stereocenters. The minimum atomic E-state index is -4.28. The molecule has 1 atom stereocenters. The predicted octanol–water partition coefficient (Wildman–Crippen LogP) is 3.07. The predicted molar refractivity (Wildman–Crippen MR) is 74.1 cm³/mol. The number of rotatable bonds is 6. The van der Waals surface area contributed by atoms with E-state index in [1.807, 2.05) is 6.92 Å². The molecule has 7 heteroatoms. The minimum Gasteiger partial charge on any atom is -0.396 e. The standard InChI is InChI=1S/C14H19F3N2O2/c1-2-11(6-7-20)18-13(21)19-12-5-3-4-10(8-12)9-14(15,16)17/h3-5,8,11,20H,2,6-7,9H2,1H3,(H2,18,19,21). The van der Waals surface area contributed by atoms with Gasteiger partial charge >= 0.3 is 12.2 Å². The molecule has 0 saturated heterocycles. The quantitative estimate of drug-likeness (QED) is 0.756. The van der Waals surface area contributed by atoms with Gasteiger partial charge in [0.2, 0.25) is 0 Å². The first-order chi connectivity index (χ1) is 9.84. The highest BCUT2D eigenvalue weighted by Crippen LogP contribution is 2.22.